The topological polar surface area (TPSA) is 97.2 Å². The molecule has 0 bridgehead atoms. The number of nitro groups is 1. The first-order valence-corrected chi connectivity index (χ1v) is 7.10. The summed E-state index contributed by atoms with van der Waals surface area (Å²) in [5, 5.41) is 16.3. The summed E-state index contributed by atoms with van der Waals surface area (Å²) in [6, 6.07) is 8.16. The van der Waals surface area contributed by atoms with Crippen molar-refractivity contribution >= 4 is 17.4 Å². The van der Waals surface area contributed by atoms with E-state index in [1.807, 2.05) is 25.1 Å². The molecule has 0 saturated heterocycles. The zero-order valence-corrected chi connectivity index (χ0v) is 13.2. The maximum absolute atomic E-state index is 12.0. The van der Waals surface area contributed by atoms with E-state index in [2.05, 4.69) is 15.6 Å². The lowest BCUT2D eigenvalue weighted by atomic mass is 10.1. The minimum atomic E-state index is -0.464. The van der Waals surface area contributed by atoms with Crippen LogP contribution in [0.2, 0.25) is 0 Å². The number of aromatic nitrogens is 1. The van der Waals surface area contributed by atoms with Crippen molar-refractivity contribution in [3.05, 3.63) is 63.0 Å². The first-order chi connectivity index (χ1) is 10.9. The number of rotatable bonds is 4. The van der Waals surface area contributed by atoms with Crippen molar-refractivity contribution in [3.63, 3.8) is 0 Å². The summed E-state index contributed by atoms with van der Waals surface area (Å²) in [4.78, 5) is 26.8. The predicted molar refractivity (Wildman–Crippen MR) is 87.4 cm³/mol. The minimum Gasteiger partial charge on any atom is -0.332 e. The molecule has 2 aromatic rings. The molecule has 0 aliphatic carbocycles. The van der Waals surface area contributed by atoms with Crippen LogP contribution in [0.15, 0.2) is 30.3 Å². The van der Waals surface area contributed by atoms with Crippen molar-refractivity contribution in [1.29, 1.82) is 0 Å². The van der Waals surface area contributed by atoms with Gasteiger partial charge in [-0.2, -0.15) is 0 Å². The van der Waals surface area contributed by atoms with Gasteiger partial charge in [0.05, 0.1) is 22.8 Å². The van der Waals surface area contributed by atoms with Crippen molar-refractivity contribution in [2.45, 2.75) is 27.3 Å². The Balaban J connectivity index is 2.05. The van der Waals surface area contributed by atoms with E-state index in [0.29, 0.717) is 11.3 Å². The molecular formula is C16H18N4O3. The second kappa shape index (κ2) is 6.87. The molecule has 2 N–H and O–H groups in total. The highest BCUT2D eigenvalue weighted by molar-refractivity contribution is 5.90. The Labute approximate surface area is 133 Å². The largest absolute Gasteiger partial charge is 0.332 e. The number of hydrogen-bond donors (Lipinski definition) is 2. The van der Waals surface area contributed by atoms with Gasteiger partial charge in [0.1, 0.15) is 0 Å². The van der Waals surface area contributed by atoms with Gasteiger partial charge in [-0.1, -0.05) is 6.07 Å². The third-order valence-corrected chi connectivity index (χ3v) is 3.36. The van der Waals surface area contributed by atoms with Crippen LogP contribution in [0.1, 0.15) is 22.5 Å². The monoisotopic (exact) mass is 314 g/mol. The van der Waals surface area contributed by atoms with Crippen molar-refractivity contribution in [2.75, 3.05) is 5.32 Å². The van der Waals surface area contributed by atoms with E-state index in [-0.39, 0.29) is 12.2 Å². The second-order valence-electron chi connectivity index (χ2n) is 5.29. The molecule has 1 heterocycles. The molecule has 0 fully saturated rings. The summed E-state index contributed by atoms with van der Waals surface area (Å²) in [6.07, 6.45) is 0. The Morgan fingerprint density at radius 1 is 1.22 bits per heavy atom. The zero-order chi connectivity index (χ0) is 17.0. The smallest absolute Gasteiger partial charge is 0.319 e. The number of carbonyl (C=O) groups is 1. The fraction of sp³-hybridized carbons (Fsp3) is 0.250. The van der Waals surface area contributed by atoms with Crippen LogP contribution in [0.4, 0.5) is 16.2 Å². The van der Waals surface area contributed by atoms with Crippen molar-refractivity contribution in [2.24, 2.45) is 0 Å². The number of hydrogen-bond acceptors (Lipinski definition) is 4. The molecule has 0 atom stereocenters. The first kappa shape index (κ1) is 16.4. The average Bonchev–Trinajstić information content (AvgIpc) is 2.47. The van der Waals surface area contributed by atoms with Gasteiger partial charge in [-0.05, 0) is 44.5 Å². The van der Waals surface area contributed by atoms with Gasteiger partial charge in [0.15, 0.2) is 0 Å². The third kappa shape index (κ3) is 4.26. The van der Waals surface area contributed by atoms with Crippen LogP contribution in [0.3, 0.4) is 0 Å². The number of nitro benzene ring substituents is 1. The quantitative estimate of drug-likeness (QED) is 0.668. The van der Waals surface area contributed by atoms with E-state index in [0.717, 1.165) is 17.0 Å². The number of nitrogens with zero attached hydrogens (tertiary/aromatic N) is 2. The number of nitrogens with one attached hydrogen (secondary N) is 2. The molecule has 2 rings (SSSR count). The van der Waals surface area contributed by atoms with Crippen molar-refractivity contribution in [1.82, 2.24) is 10.3 Å². The SMILES string of the molecule is Cc1cccc(CNC(=O)Nc2cc([N+](=O)[O-])c(C)cc2C)n1. The Morgan fingerprint density at radius 3 is 2.61 bits per heavy atom. The van der Waals surface area contributed by atoms with Gasteiger partial charge in [0, 0.05) is 17.3 Å². The van der Waals surface area contributed by atoms with Crippen LogP contribution >= 0.6 is 0 Å². The molecule has 0 spiro atoms. The van der Waals surface area contributed by atoms with Crippen LogP contribution in [-0.2, 0) is 6.54 Å². The standard InChI is InChI=1S/C16H18N4O3/c1-10-7-11(2)15(20(22)23)8-14(10)19-16(21)17-9-13-6-4-5-12(3)18-13/h4-8H,9H2,1-3H3,(H2,17,19,21). The summed E-state index contributed by atoms with van der Waals surface area (Å²) in [7, 11) is 0. The highest BCUT2D eigenvalue weighted by atomic mass is 16.6. The van der Waals surface area contributed by atoms with Gasteiger partial charge >= 0.3 is 6.03 Å². The Bertz CT molecular complexity index is 759. The number of pyridine rings is 1. The molecule has 1 aromatic heterocycles. The number of benzene rings is 1. The summed E-state index contributed by atoms with van der Waals surface area (Å²) >= 11 is 0. The van der Waals surface area contributed by atoms with Crippen LogP contribution in [0.5, 0.6) is 0 Å². The first-order valence-electron chi connectivity index (χ1n) is 7.10. The van der Waals surface area contributed by atoms with E-state index in [4.69, 9.17) is 0 Å². The Hall–Kier alpha value is -2.96. The Kier molecular flexibility index (Phi) is 4.90. The maximum atomic E-state index is 12.0. The molecule has 1 aromatic carbocycles. The van der Waals surface area contributed by atoms with Crippen molar-refractivity contribution in [3.8, 4) is 0 Å². The second-order valence-corrected chi connectivity index (χ2v) is 5.29. The van der Waals surface area contributed by atoms with Gasteiger partial charge in [0.25, 0.3) is 5.69 Å². The van der Waals surface area contributed by atoms with Gasteiger partial charge in [0.2, 0.25) is 0 Å². The average molecular weight is 314 g/mol. The molecule has 0 aliphatic heterocycles. The zero-order valence-electron chi connectivity index (χ0n) is 13.2. The van der Waals surface area contributed by atoms with Gasteiger partial charge in [-0.25, -0.2) is 4.79 Å². The number of aryl methyl sites for hydroxylation is 3. The molecule has 7 nitrogen and oxygen atoms in total. The molecule has 23 heavy (non-hydrogen) atoms. The van der Waals surface area contributed by atoms with Gasteiger partial charge in [-0.15, -0.1) is 0 Å². The lowest BCUT2D eigenvalue weighted by molar-refractivity contribution is -0.385. The summed E-state index contributed by atoms with van der Waals surface area (Å²) in [6.45, 7) is 5.60. The van der Waals surface area contributed by atoms with Crippen LogP contribution in [0.25, 0.3) is 0 Å². The van der Waals surface area contributed by atoms with E-state index >= 15 is 0 Å². The molecule has 0 radical (unpaired) electrons. The van der Waals surface area contributed by atoms with E-state index in [9.17, 15) is 14.9 Å². The highest BCUT2D eigenvalue weighted by Crippen LogP contribution is 2.26. The fourth-order valence-corrected chi connectivity index (χ4v) is 2.21. The van der Waals surface area contributed by atoms with Gasteiger partial charge < -0.3 is 10.6 Å². The predicted octanol–water partition coefficient (Wildman–Crippen LogP) is 3.24. The molecule has 2 amide bonds. The number of anilines is 1. The molecule has 120 valence electrons. The fourth-order valence-electron chi connectivity index (χ4n) is 2.21. The lowest BCUT2D eigenvalue weighted by Crippen LogP contribution is -2.28. The molecule has 7 heteroatoms. The summed E-state index contributed by atoms with van der Waals surface area (Å²) < 4.78 is 0. The number of carbonyl (C=O) groups excluding carboxylic acids is 1. The van der Waals surface area contributed by atoms with E-state index < -0.39 is 11.0 Å². The number of amides is 2. The van der Waals surface area contributed by atoms with Crippen LogP contribution in [0, 0.1) is 30.9 Å². The van der Waals surface area contributed by atoms with E-state index in [1.54, 1.807) is 19.9 Å². The Morgan fingerprint density at radius 2 is 1.96 bits per heavy atom. The third-order valence-electron chi connectivity index (χ3n) is 3.36. The van der Waals surface area contributed by atoms with Gasteiger partial charge in [-0.3, -0.25) is 15.1 Å². The molecule has 0 saturated carbocycles. The summed E-state index contributed by atoms with van der Waals surface area (Å²) in [5.74, 6) is 0. The normalized spacial score (nSPS) is 10.2. The maximum Gasteiger partial charge on any atom is 0.319 e. The van der Waals surface area contributed by atoms with Crippen LogP contribution in [-0.4, -0.2) is 15.9 Å². The minimum absolute atomic E-state index is 0.0220. The van der Waals surface area contributed by atoms with Crippen LogP contribution < -0.4 is 10.6 Å². The number of urea groups is 1. The van der Waals surface area contributed by atoms with E-state index in [1.165, 1.54) is 6.07 Å². The summed E-state index contributed by atoms with van der Waals surface area (Å²) in [5.41, 5.74) is 3.32. The highest BCUT2D eigenvalue weighted by Gasteiger charge is 2.15. The molecular weight excluding hydrogens is 296 g/mol. The lowest BCUT2D eigenvalue weighted by Gasteiger charge is -2.11. The van der Waals surface area contributed by atoms with Crippen molar-refractivity contribution < 1.29 is 9.72 Å². The molecule has 0 aliphatic rings. The molecule has 0 unspecified atom stereocenters.